The smallest absolute Gasteiger partial charge is 0.355 e. The van der Waals surface area contributed by atoms with Crippen LogP contribution in [-0.2, 0) is 9.53 Å². The third kappa shape index (κ3) is 4.60. The van der Waals surface area contributed by atoms with Crippen molar-refractivity contribution in [2.75, 3.05) is 14.2 Å². The van der Waals surface area contributed by atoms with Gasteiger partial charge in [-0.2, -0.15) is 0 Å². The molecule has 134 valence electrons. The van der Waals surface area contributed by atoms with E-state index in [1.807, 2.05) is 0 Å². The third-order valence-corrected chi connectivity index (χ3v) is 3.43. The lowest BCUT2D eigenvalue weighted by Crippen LogP contribution is -2.27. The number of halogens is 2. The minimum Gasteiger partial charge on any atom is -0.492 e. The van der Waals surface area contributed by atoms with Crippen LogP contribution in [0, 0.1) is 11.2 Å². The Morgan fingerprint density at radius 3 is 2.56 bits per heavy atom. The minimum atomic E-state index is -0.786. The van der Waals surface area contributed by atoms with Crippen LogP contribution in [0.3, 0.4) is 0 Å². The first-order valence-electron chi connectivity index (χ1n) is 7.06. The highest BCUT2D eigenvalue weighted by Crippen LogP contribution is 2.32. The Labute approximate surface area is 150 Å². The lowest BCUT2D eigenvalue weighted by molar-refractivity contribution is -0.136. The van der Waals surface area contributed by atoms with E-state index in [1.54, 1.807) is 13.0 Å². The molecular formula is C17H19ClFN3O3. The molecule has 0 amide bonds. The van der Waals surface area contributed by atoms with Gasteiger partial charge in [0.15, 0.2) is 11.6 Å². The average Bonchev–Trinajstić information content (AvgIpc) is 2.57. The summed E-state index contributed by atoms with van der Waals surface area (Å²) in [5.41, 5.74) is 5.52. The molecule has 0 heterocycles. The van der Waals surface area contributed by atoms with Gasteiger partial charge < -0.3 is 20.5 Å². The second-order valence-corrected chi connectivity index (χ2v) is 5.15. The van der Waals surface area contributed by atoms with E-state index >= 15 is 0 Å². The number of esters is 1. The normalized spacial score (nSPS) is 11.7. The van der Waals surface area contributed by atoms with Crippen molar-refractivity contribution < 1.29 is 18.7 Å². The van der Waals surface area contributed by atoms with E-state index in [-0.39, 0.29) is 39.1 Å². The molecule has 6 nitrogen and oxygen atoms in total. The standard InChI is InChI=1S/C17H19ClFN3O3/c1-5-6-11(16(20)21)14(17(23)25-4)22-9(2)10-7-8-12(18)15(24-3)13(10)19/h5-8,22H,2H2,1,3-4H3,(H3,20,21)/b6-5+,14-11?. The summed E-state index contributed by atoms with van der Waals surface area (Å²) in [5.74, 6) is -2.04. The number of carbonyl (C=O) groups is 1. The van der Waals surface area contributed by atoms with Crippen molar-refractivity contribution in [1.29, 1.82) is 5.41 Å². The highest BCUT2D eigenvalue weighted by Gasteiger charge is 2.21. The van der Waals surface area contributed by atoms with Gasteiger partial charge in [-0.15, -0.1) is 0 Å². The second-order valence-electron chi connectivity index (χ2n) is 4.74. The summed E-state index contributed by atoms with van der Waals surface area (Å²) in [7, 11) is 2.45. The number of hydrogen-bond donors (Lipinski definition) is 3. The van der Waals surface area contributed by atoms with E-state index in [4.69, 9.17) is 32.2 Å². The van der Waals surface area contributed by atoms with Gasteiger partial charge in [-0.25, -0.2) is 9.18 Å². The zero-order valence-electron chi connectivity index (χ0n) is 14.1. The average molecular weight is 368 g/mol. The van der Waals surface area contributed by atoms with Crippen LogP contribution in [0.25, 0.3) is 5.70 Å². The number of carbonyl (C=O) groups excluding carboxylic acids is 1. The summed E-state index contributed by atoms with van der Waals surface area (Å²) in [4.78, 5) is 12.1. The Morgan fingerprint density at radius 1 is 1.44 bits per heavy atom. The first-order chi connectivity index (χ1) is 11.8. The molecule has 0 unspecified atom stereocenters. The maximum Gasteiger partial charge on any atom is 0.355 e. The predicted octanol–water partition coefficient (Wildman–Crippen LogP) is 2.99. The molecule has 1 aromatic carbocycles. The molecule has 0 spiro atoms. The summed E-state index contributed by atoms with van der Waals surface area (Å²) in [6.45, 7) is 5.41. The van der Waals surface area contributed by atoms with Gasteiger partial charge >= 0.3 is 5.97 Å². The fourth-order valence-electron chi connectivity index (χ4n) is 1.98. The van der Waals surface area contributed by atoms with Crippen molar-refractivity contribution in [1.82, 2.24) is 5.32 Å². The van der Waals surface area contributed by atoms with Crippen LogP contribution in [0.5, 0.6) is 5.75 Å². The Balaban J connectivity index is 3.40. The highest BCUT2D eigenvalue weighted by atomic mass is 35.5. The van der Waals surface area contributed by atoms with Gasteiger partial charge in [0.1, 0.15) is 11.5 Å². The Morgan fingerprint density at radius 2 is 2.08 bits per heavy atom. The highest BCUT2D eigenvalue weighted by molar-refractivity contribution is 6.32. The second kappa shape index (κ2) is 8.89. The van der Waals surface area contributed by atoms with Crippen LogP contribution >= 0.6 is 11.6 Å². The Bertz CT molecular complexity index is 773. The molecule has 25 heavy (non-hydrogen) atoms. The summed E-state index contributed by atoms with van der Waals surface area (Å²) in [5, 5.41) is 10.4. The van der Waals surface area contributed by atoms with Gasteiger partial charge in [0.05, 0.1) is 19.2 Å². The van der Waals surface area contributed by atoms with Crippen LogP contribution in [0.2, 0.25) is 5.02 Å². The van der Waals surface area contributed by atoms with Gasteiger partial charge in [0, 0.05) is 16.8 Å². The minimum absolute atomic E-state index is 0.0334. The van der Waals surface area contributed by atoms with E-state index in [0.29, 0.717) is 0 Å². The van der Waals surface area contributed by atoms with Crippen molar-refractivity contribution in [2.24, 2.45) is 5.73 Å². The topological polar surface area (TPSA) is 97.4 Å². The third-order valence-electron chi connectivity index (χ3n) is 3.14. The van der Waals surface area contributed by atoms with Crippen LogP contribution in [0.15, 0.2) is 42.1 Å². The molecule has 0 aliphatic rings. The van der Waals surface area contributed by atoms with E-state index in [9.17, 15) is 9.18 Å². The summed E-state index contributed by atoms with van der Waals surface area (Å²) >= 11 is 5.87. The first kappa shape index (κ1) is 20.2. The maximum atomic E-state index is 14.5. The van der Waals surface area contributed by atoms with E-state index in [1.165, 1.54) is 32.4 Å². The summed E-state index contributed by atoms with van der Waals surface area (Å²) in [6, 6.07) is 2.82. The van der Waals surface area contributed by atoms with Gasteiger partial charge in [-0.1, -0.05) is 30.3 Å². The molecule has 0 saturated carbocycles. The van der Waals surface area contributed by atoms with Crippen molar-refractivity contribution in [3.05, 3.63) is 58.5 Å². The lowest BCUT2D eigenvalue weighted by Gasteiger charge is -2.16. The number of ether oxygens (including phenoxy) is 2. The number of hydrogen-bond acceptors (Lipinski definition) is 5. The molecule has 1 aromatic rings. The number of allylic oxidation sites excluding steroid dienone is 1. The van der Waals surface area contributed by atoms with Gasteiger partial charge in [0.25, 0.3) is 0 Å². The number of methoxy groups -OCH3 is 2. The van der Waals surface area contributed by atoms with E-state index in [0.717, 1.165) is 0 Å². The fraction of sp³-hybridized carbons (Fsp3) is 0.176. The number of rotatable bonds is 7. The molecule has 8 heteroatoms. The number of amidine groups is 1. The van der Waals surface area contributed by atoms with Crippen molar-refractivity contribution in [3.63, 3.8) is 0 Å². The predicted molar refractivity (Wildman–Crippen MR) is 95.9 cm³/mol. The summed E-state index contributed by atoms with van der Waals surface area (Å²) in [6.07, 6.45) is 3.05. The molecule has 0 radical (unpaired) electrons. The van der Waals surface area contributed by atoms with Crippen molar-refractivity contribution in [2.45, 2.75) is 6.92 Å². The van der Waals surface area contributed by atoms with Gasteiger partial charge in [-0.3, -0.25) is 5.41 Å². The van der Waals surface area contributed by atoms with Crippen LogP contribution in [0.4, 0.5) is 4.39 Å². The molecule has 1 rings (SSSR count). The largest absolute Gasteiger partial charge is 0.492 e. The molecule has 4 N–H and O–H groups in total. The van der Waals surface area contributed by atoms with Crippen LogP contribution < -0.4 is 15.8 Å². The van der Waals surface area contributed by atoms with Crippen molar-refractivity contribution in [3.8, 4) is 5.75 Å². The number of nitrogens with one attached hydrogen (secondary N) is 2. The van der Waals surface area contributed by atoms with Crippen LogP contribution in [-0.4, -0.2) is 26.0 Å². The first-order valence-corrected chi connectivity index (χ1v) is 7.44. The lowest BCUT2D eigenvalue weighted by atomic mass is 10.1. The summed E-state index contributed by atoms with van der Waals surface area (Å²) < 4.78 is 24.1. The van der Waals surface area contributed by atoms with E-state index < -0.39 is 11.8 Å². The van der Waals surface area contributed by atoms with Gasteiger partial charge in [0.2, 0.25) is 0 Å². The molecule has 0 atom stereocenters. The van der Waals surface area contributed by atoms with Crippen molar-refractivity contribution >= 4 is 29.1 Å². The molecule has 0 aliphatic heterocycles. The monoisotopic (exact) mass is 367 g/mol. The SMILES string of the molecule is C=C(NC(C(=O)OC)=C(/C=C/C)C(=N)N)c1ccc(Cl)c(OC)c1F. The molecular weight excluding hydrogens is 349 g/mol. The molecule has 0 bridgehead atoms. The Hall–Kier alpha value is -2.80. The van der Waals surface area contributed by atoms with Gasteiger partial charge in [-0.05, 0) is 19.1 Å². The zero-order valence-corrected chi connectivity index (χ0v) is 14.8. The quantitative estimate of drug-likeness (QED) is 0.226. The maximum absolute atomic E-state index is 14.5. The molecule has 0 saturated heterocycles. The fourth-order valence-corrected chi connectivity index (χ4v) is 2.20. The number of benzene rings is 1. The molecule has 0 fully saturated rings. The van der Waals surface area contributed by atoms with Crippen LogP contribution in [0.1, 0.15) is 12.5 Å². The zero-order chi connectivity index (χ0) is 19.1. The molecule has 0 aliphatic carbocycles. The number of nitrogens with two attached hydrogens (primary N) is 1. The Kier molecular flexibility index (Phi) is 7.20. The molecule has 0 aromatic heterocycles. The van der Waals surface area contributed by atoms with E-state index in [2.05, 4.69) is 11.9 Å².